The van der Waals surface area contributed by atoms with Crippen molar-refractivity contribution in [3.05, 3.63) is 5.89 Å². The van der Waals surface area contributed by atoms with Gasteiger partial charge in [0.25, 0.3) is 5.95 Å². The largest absolute Gasteiger partial charge is 0.444 e. The molecule has 1 aromatic rings. The van der Waals surface area contributed by atoms with E-state index >= 15 is 0 Å². The first-order chi connectivity index (χ1) is 10.5. The SMILES string of the molecule is CC(C)(C)Cc1nc(N2CCN(C(=O)OC(C)(C)C)CC2)no1. The van der Waals surface area contributed by atoms with Gasteiger partial charge in [-0.05, 0) is 31.3 Å². The smallest absolute Gasteiger partial charge is 0.410 e. The van der Waals surface area contributed by atoms with Gasteiger partial charge in [0.2, 0.25) is 5.89 Å². The van der Waals surface area contributed by atoms with Crippen LogP contribution in [0.15, 0.2) is 4.52 Å². The van der Waals surface area contributed by atoms with Crippen LogP contribution in [-0.2, 0) is 11.2 Å². The molecule has 1 amide bonds. The Morgan fingerprint density at radius 3 is 2.26 bits per heavy atom. The number of amides is 1. The van der Waals surface area contributed by atoms with E-state index in [4.69, 9.17) is 9.26 Å². The average molecular weight is 324 g/mol. The second-order valence-corrected chi connectivity index (χ2v) is 8.18. The van der Waals surface area contributed by atoms with Crippen molar-refractivity contribution in [3.63, 3.8) is 0 Å². The molecule has 0 unspecified atom stereocenters. The van der Waals surface area contributed by atoms with Crippen LogP contribution in [0.1, 0.15) is 47.4 Å². The minimum absolute atomic E-state index is 0.110. The first-order valence-corrected chi connectivity index (χ1v) is 8.09. The Kier molecular flexibility index (Phi) is 4.87. The normalized spacial score (nSPS) is 16.6. The molecule has 0 N–H and O–H groups in total. The molecule has 7 heteroatoms. The Balaban J connectivity index is 1.88. The average Bonchev–Trinajstić information content (AvgIpc) is 2.83. The minimum atomic E-state index is -0.469. The second kappa shape index (κ2) is 6.37. The van der Waals surface area contributed by atoms with Gasteiger partial charge in [-0.1, -0.05) is 20.8 Å². The molecule has 0 saturated carbocycles. The number of carbonyl (C=O) groups excluding carboxylic acids is 1. The van der Waals surface area contributed by atoms with Crippen LogP contribution in [0.25, 0.3) is 0 Å². The van der Waals surface area contributed by atoms with E-state index in [2.05, 4.69) is 30.9 Å². The molecule has 0 bridgehead atoms. The minimum Gasteiger partial charge on any atom is -0.444 e. The van der Waals surface area contributed by atoms with Crippen LogP contribution >= 0.6 is 0 Å². The maximum Gasteiger partial charge on any atom is 0.410 e. The standard InChI is InChI=1S/C16H28N4O3/c1-15(2,3)11-12-17-13(18-23-12)19-7-9-20(10-8-19)14(21)22-16(4,5)6/h7-11H2,1-6H3. The zero-order chi connectivity index (χ0) is 17.3. The van der Waals surface area contributed by atoms with Crippen LogP contribution in [0.4, 0.5) is 10.7 Å². The molecule has 1 fully saturated rings. The summed E-state index contributed by atoms with van der Waals surface area (Å²) in [6.45, 7) is 14.6. The summed E-state index contributed by atoms with van der Waals surface area (Å²) < 4.78 is 10.7. The van der Waals surface area contributed by atoms with Crippen molar-refractivity contribution in [2.24, 2.45) is 5.41 Å². The molecule has 2 rings (SSSR count). The molecule has 0 aromatic carbocycles. The number of hydrogen-bond acceptors (Lipinski definition) is 6. The van der Waals surface area contributed by atoms with Crippen molar-refractivity contribution in [1.29, 1.82) is 0 Å². The molecule has 2 heterocycles. The summed E-state index contributed by atoms with van der Waals surface area (Å²) >= 11 is 0. The molecule has 1 aliphatic heterocycles. The van der Waals surface area contributed by atoms with Gasteiger partial charge in [0.15, 0.2) is 0 Å². The molecule has 0 atom stereocenters. The first-order valence-electron chi connectivity index (χ1n) is 8.09. The molecule has 1 aliphatic rings. The molecule has 7 nitrogen and oxygen atoms in total. The van der Waals surface area contributed by atoms with Crippen LogP contribution < -0.4 is 4.90 Å². The van der Waals surface area contributed by atoms with E-state index in [-0.39, 0.29) is 11.5 Å². The zero-order valence-electron chi connectivity index (χ0n) is 15.0. The second-order valence-electron chi connectivity index (χ2n) is 8.18. The molecule has 23 heavy (non-hydrogen) atoms. The van der Waals surface area contributed by atoms with Crippen molar-refractivity contribution in [1.82, 2.24) is 15.0 Å². The highest BCUT2D eigenvalue weighted by molar-refractivity contribution is 5.68. The van der Waals surface area contributed by atoms with Crippen LogP contribution in [0.2, 0.25) is 0 Å². The number of carbonyl (C=O) groups is 1. The summed E-state index contributed by atoms with van der Waals surface area (Å²) in [7, 11) is 0. The molecule has 1 saturated heterocycles. The predicted molar refractivity (Wildman–Crippen MR) is 87.5 cm³/mol. The van der Waals surface area contributed by atoms with Gasteiger partial charge in [0.05, 0.1) is 0 Å². The molecular formula is C16H28N4O3. The maximum absolute atomic E-state index is 12.1. The fraction of sp³-hybridized carbons (Fsp3) is 0.812. The number of aromatic nitrogens is 2. The van der Waals surface area contributed by atoms with Gasteiger partial charge in [-0.15, -0.1) is 0 Å². The summed E-state index contributed by atoms with van der Waals surface area (Å²) in [5.74, 6) is 1.26. The Bertz CT molecular complexity index is 534. The summed E-state index contributed by atoms with van der Waals surface area (Å²) in [5, 5.41) is 4.06. The summed E-state index contributed by atoms with van der Waals surface area (Å²) in [4.78, 5) is 20.3. The van der Waals surface area contributed by atoms with Gasteiger partial charge in [-0.25, -0.2) is 4.79 Å². The third kappa shape index (κ3) is 5.41. The lowest BCUT2D eigenvalue weighted by Crippen LogP contribution is -2.50. The molecular weight excluding hydrogens is 296 g/mol. The van der Waals surface area contributed by atoms with Gasteiger partial charge >= 0.3 is 6.09 Å². The van der Waals surface area contributed by atoms with E-state index in [0.717, 1.165) is 6.42 Å². The van der Waals surface area contributed by atoms with Gasteiger partial charge in [0.1, 0.15) is 5.60 Å². The highest BCUT2D eigenvalue weighted by Crippen LogP contribution is 2.21. The van der Waals surface area contributed by atoms with Crippen LogP contribution in [0.5, 0.6) is 0 Å². The van der Waals surface area contributed by atoms with E-state index in [1.165, 1.54) is 0 Å². The van der Waals surface area contributed by atoms with Crippen molar-refractivity contribution in [2.75, 3.05) is 31.1 Å². The Morgan fingerprint density at radius 1 is 1.13 bits per heavy atom. The van der Waals surface area contributed by atoms with Crippen molar-refractivity contribution in [2.45, 2.75) is 53.6 Å². The molecule has 0 aliphatic carbocycles. The molecule has 0 spiro atoms. The van der Waals surface area contributed by atoms with E-state index in [0.29, 0.717) is 38.0 Å². The topological polar surface area (TPSA) is 71.7 Å². The van der Waals surface area contributed by atoms with E-state index in [9.17, 15) is 4.79 Å². The quantitative estimate of drug-likeness (QED) is 0.833. The Labute approximate surface area is 138 Å². The molecule has 130 valence electrons. The number of rotatable bonds is 2. The number of nitrogens with zero attached hydrogens (tertiary/aromatic N) is 4. The van der Waals surface area contributed by atoms with Crippen molar-refractivity contribution in [3.8, 4) is 0 Å². The maximum atomic E-state index is 12.1. The Morgan fingerprint density at radius 2 is 1.74 bits per heavy atom. The monoisotopic (exact) mass is 324 g/mol. The lowest BCUT2D eigenvalue weighted by Gasteiger charge is -2.34. The predicted octanol–water partition coefficient (Wildman–Crippen LogP) is 2.72. The van der Waals surface area contributed by atoms with Gasteiger partial charge in [-0.2, -0.15) is 4.98 Å². The van der Waals surface area contributed by atoms with Crippen molar-refractivity contribution >= 4 is 12.0 Å². The third-order valence-electron chi connectivity index (χ3n) is 3.35. The van der Waals surface area contributed by atoms with Crippen molar-refractivity contribution < 1.29 is 14.1 Å². The molecule has 0 radical (unpaired) electrons. The lowest BCUT2D eigenvalue weighted by molar-refractivity contribution is 0.0240. The fourth-order valence-corrected chi connectivity index (χ4v) is 2.32. The number of ether oxygens (including phenoxy) is 1. The van der Waals surface area contributed by atoms with Gasteiger partial charge in [-0.3, -0.25) is 0 Å². The van der Waals surface area contributed by atoms with E-state index < -0.39 is 5.60 Å². The lowest BCUT2D eigenvalue weighted by atomic mass is 9.92. The summed E-state index contributed by atoms with van der Waals surface area (Å²) in [6, 6.07) is 0. The van der Waals surface area contributed by atoms with E-state index in [1.54, 1.807) is 4.90 Å². The van der Waals surface area contributed by atoms with Crippen LogP contribution in [0.3, 0.4) is 0 Å². The third-order valence-corrected chi connectivity index (χ3v) is 3.35. The Hall–Kier alpha value is -1.79. The highest BCUT2D eigenvalue weighted by atomic mass is 16.6. The number of hydrogen-bond donors (Lipinski definition) is 0. The van der Waals surface area contributed by atoms with Crippen LogP contribution in [0, 0.1) is 5.41 Å². The number of anilines is 1. The zero-order valence-corrected chi connectivity index (χ0v) is 15.0. The van der Waals surface area contributed by atoms with Gasteiger partial charge < -0.3 is 19.1 Å². The highest BCUT2D eigenvalue weighted by Gasteiger charge is 2.27. The first kappa shape index (κ1) is 17.6. The molecule has 1 aromatic heterocycles. The summed E-state index contributed by atoms with van der Waals surface area (Å²) in [5.41, 5.74) is -0.358. The fourth-order valence-electron chi connectivity index (χ4n) is 2.32. The summed E-state index contributed by atoms with van der Waals surface area (Å²) in [6.07, 6.45) is 0.483. The van der Waals surface area contributed by atoms with E-state index in [1.807, 2.05) is 25.7 Å². The van der Waals surface area contributed by atoms with Crippen LogP contribution in [-0.4, -0.2) is 52.9 Å². The number of piperazine rings is 1. The van der Waals surface area contributed by atoms with Gasteiger partial charge in [0, 0.05) is 32.6 Å².